The van der Waals surface area contributed by atoms with E-state index < -0.39 is 10.0 Å². The Morgan fingerprint density at radius 1 is 1.07 bits per heavy atom. The Morgan fingerprint density at radius 3 is 2.44 bits per heavy atom. The molecule has 2 aromatic carbocycles. The van der Waals surface area contributed by atoms with Gasteiger partial charge in [-0.2, -0.15) is 0 Å². The summed E-state index contributed by atoms with van der Waals surface area (Å²) in [4.78, 5) is 12.2. The predicted octanol–water partition coefficient (Wildman–Crippen LogP) is 2.89. The van der Waals surface area contributed by atoms with Crippen molar-refractivity contribution in [1.82, 2.24) is 5.32 Å². The molecular weight excluding hydrogens is 368 g/mol. The van der Waals surface area contributed by atoms with E-state index in [2.05, 4.69) is 10.0 Å². The summed E-state index contributed by atoms with van der Waals surface area (Å²) in [6, 6.07) is 10.6. The van der Waals surface area contributed by atoms with Gasteiger partial charge in [0.1, 0.15) is 11.5 Å². The molecule has 1 amide bonds. The number of benzene rings is 2. The van der Waals surface area contributed by atoms with Crippen LogP contribution in [0.1, 0.15) is 24.2 Å². The van der Waals surface area contributed by atoms with Crippen LogP contribution >= 0.6 is 0 Å². The lowest BCUT2D eigenvalue weighted by Gasteiger charge is -2.13. The zero-order chi connectivity index (χ0) is 20.0. The first-order chi connectivity index (χ1) is 12.8. The maximum atomic E-state index is 12.7. The van der Waals surface area contributed by atoms with Crippen LogP contribution in [-0.4, -0.2) is 35.1 Å². The van der Waals surface area contributed by atoms with Crippen molar-refractivity contribution in [3.63, 3.8) is 0 Å². The highest BCUT2D eigenvalue weighted by molar-refractivity contribution is 7.92. The van der Waals surface area contributed by atoms with Crippen molar-refractivity contribution in [2.24, 2.45) is 5.92 Å². The van der Waals surface area contributed by atoms with Crippen LogP contribution in [-0.2, 0) is 10.0 Å². The summed E-state index contributed by atoms with van der Waals surface area (Å²) < 4.78 is 38.3. The van der Waals surface area contributed by atoms with Gasteiger partial charge in [0.05, 0.1) is 24.8 Å². The highest BCUT2D eigenvalue weighted by Crippen LogP contribution is 2.30. The fourth-order valence-electron chi connectivity index (χ4n) is 2.29. The van der Waals surface area contributed by atoms with Crippen LogP contribution in [0.3, 0.4) is 0 Å². The van der Waals surface area contributed by atoms with E-state index in [0.717, 1.165) is 0 Å². The molecule has 0 radical (unpaired) electrons. The van der Waals surface area contributed by atoms with Crippen molar-refractivity contribution < 1.29 is 22.7 Å². The quantitative estimate of drug-likeness (QED) is 0.720. The molecule has 0 bridgehead atoms. The van der Waals surface area contributed by atoms with Gasteiger partial charge in [0.15, 0.2) is 0 Å². The maximum Gasteiger partial charge on any atom is 0.262 e. The van der Waals surface area contributed by atoms with E-state index in [-0.39, 0.29) is 22.1 Å². The highest BCUT2D eigenvalue weighted by atomic mass is 32.2. The normalized spacial score (nSPS) is 11.1. The van der Waals surface area contributed by atoms with Crippen molar-refractivity contribution in [2.75, 3.05) is 25.5 Å². The van der Waals surface area contributed by atoms with Gasteiger partial charge in [-0.05, 0) is 36.2 Å². The highest BCUT2D eigenvalue weighted by Gasteiger charge is 2.19. The van der Waals surface area contributed by atoms with Crippen LogP contribution in [0.15, 0.2) is 47.4 Å². The van der Waals surface area contributed by atoms with E-state index in [1.165, 1.54) is 32.4 Å². The van der Waals surface area contributed by atoms with Gasteiger partial charge in [-0.25, -0.2) is 8.42 Å². The van der Waals surface area contributed by atoms with Gasteiger partial charge < -0.3 is 14.8 Å². The molecule has 0 fully saturated rings. The summed E-state index contributed by atoms with van der Waals surface area (Å²) in [5.74, 6) is 0.843. The lowest BCUT2D eigenvalue weighted by atomic mass is 10.2. The van der Waals surface area contributed by atoms with Crippen molar-refractivity contribution in [2.45, 2.75) is 18.7 Å². The lowest BCUT2D eigenvalue weighted by molar-refractivity contribution is 0.0949. The summed E-state index contributed by atoms with van der Waals surface area (Å²) in [6.07, 6.45) is 0. The number of hydrogen-bond donors (Lipinski definition) is 2. The Morgan fingerprint density at radius 2 is 1.81 bits per heavy atom. The molecule has 0 aliphatic carbocycles. The number of methoxy groups -OCH3 is 2. The summed E-state index contributed by atoms with van der Waals surface area (Å²) in [6.45, 7) is 4.47. The average Bonchev–Trinajstić information content (AvgIpc) is 2.66. The zero-order valence-electron chi connectivity index (χ0n) is 15.8. The SMILES string of the molecule is COc1ccc(NS(=O)(=O)c2cccc(C(=O)NCC(C)C)c2)c(OC)c1. The zero-order valence-corrected chi connectivity index (χ0v) is 16.6. The van der Waals surface area contributed by atoms with Crippen LogP contribution in [0.2, 0.25) is 0 Å². The first kappa shape index (κ1) is 20.6. The Bertz CT molecular complexity index is 910. The second-order valence-corrected chi connectivity index (χ2v) is 7.99. The van der Waals surface area contributed by atoms with Crippen LogP contribution in [0.4, 0.5) is 5.69 Å². The Kier molecular flexibility index (Phi) is 6.68. The second kappa shape index (κ2) is 8.77. The van der Waals surface area contributed by atoms with E-state index in [4.69, 9.17) is 9.47 Å². The first-order valence-electron chi connectivity index (χ1n) is 8.40. The molecule has 0 aliphatic heterocycles. The van der Waals surface area contributed by atoms with Crippen molar-refractivity contribution >= 4 is 21.6 Å². The molecule has 0 aromatic heterocycles. The third-order valence-electron chi connectivity index (χ3n) is 3.73. The molecule has 2 rings (SSSR count). The molecule has 0 heterocycles. The van der Waals surface area contributed by atoms with Crippen molar-refractivity contribution in [1.29, 1.82) is 0 Å². The third-order valence-corrected chi connectivity index (χ3v) is 5.09. The monoisotopic (exact) mass is 392 g/mol. The number of rotatable bonds is 8. The minimum absolute atomic E-state index is 0.0161. The minimum atomic E-state index is -3.90. The number of nitrogens with one attached hydrogen (secondary N) is 2. The molecule has 0 atom stereocenters. The molecule has 146 valence electrons. The van der Waals surface area contributed by atoms with E-state index in [0.29, 0.717) is 24.0 Å². The molecule has 0 saturated heterocycles. The van der Waals surface area contributed by atoms with Gasteiger partial charge in [0, 0.05) is 18.2 Å². The molecule has 8 heteroatoms. The molecule has 0 unspecified atom stereocenters. The lowest BCUT2D eigenvalue weighted by Crippen LogP contribution is -2.27. The Hall–Kier alpha value is -2.74. The number of hydrogen-bond acceptors (Lipinski definition) is 5. The summed E-state index contributed by atoms with van der Waals surface area (Å²) >= 11 is 0. The van der Waals surface area contributed by atoms with Crippen molar-refractivity contribution in [3.8, 4) is 11.5 Å². The molecule has 7 nitrogen and oxygen atoms in total. The van der Waals surface area contributed by atoms with E-state index in [9.17, 15) is 13.2 Å². The molecule has 2 N–H and O–H groups in total. The van der Waals surface area contributed by atoms with E-state index >= 15 is 0 Å². The largest absolute Gasteiger partial charge is 0.497 e. The molecule has 0 aliphatic rings. The van der Waals surface area contributed by atoms with Crippen LogP contribution in [0.5, 0.6) is 11.5 Å². The average molecular weight is 392 g/mol. The number of carbonyl (C=O) groups excluding carboxylic acids is 1. The van der Waals surface area contributed by atoms with Crippen LogP contribution in [0.25, 0.3) is 0 Å². The molecular formula is C19H24N2O5S. The van der Waals surface area contributed by atoms with Crippen LogP contribution in [0, 0.1) is 5.92 Å². The van der Waals surface area contributed by atoms with Gasteiger partial charge in [-0.15, -0.1) is 0 Å². The van der Waals surface area contributed by atoms with E-state index in [1.54, 1.807) is 24.3 Å². The van der Waals surface area contributed by atoms with Gasteiger partial charge in [0.2, 0.25) is 0 Å². The molecule has 0 spiro atoms. The number of carbonyl (C=O) groups is 1. The second-order valence-electron chi connectivity index (χ2n) is 6.30. The predicted molar refractivity (Wildman–Crippen MR) is 104 cm³/mol. The fourth-order valence-corrected chi connectivity index (χ4v) is 3.41. The van der Waals surface area contributed by atoms with Gasteiger partial charge in [-0.3, -0.25) is 9.52 Å². The first-order valence-corrected chi connectivity index (χ1v) is 9.88. The van der Waals surface area contributed by atoms with Gasteiger partial charge >= 0.3 is 0 Å². The van der Waals surface area contributed by atoms with Gasteiger partial charge in [0.25, 0.3) is 15.9 Å². The fraction of sp³-hybridized carbons (Fsp3) is 0.316. The standard InChI is InChI=1S/C19H24N2O5S/c1-13(2)12-20-19(22)14-6-5-7-16(10-14)27(23,24)21-17-9-8-15(25-3)11-18(17)26-4/h5-11,13,21H,12H2,1-4H3,(H,20,22). The number of ether oxygens (including phenoxy) is 2. The number of sulfonamides is 1. The van der Waals surface area contributed by atoms with Gasteiger partial charge in [-0.1, -0.05) is 19.9 Å². The molecule has 0 saturated carbocycles. The van der Waals surface area contributed by atoms with E-state index in [1.807, 2.05) is 13.8 Å². The Balaban J connectivity index is 2.27. The topological polar surface area (TPSA) is 93.7 Å². The Labute approximate surface area is 159 Å². The summed E-state index contributed by atoms with van der Waals surface area (Å²) in [5.41, 5.74) is 0.549. The summed E-state index contributed by atoms with van der Waals surface area (Å²) in [5, 5.41) is 2.77. The number of amides is 1. The maximum absolute atomic E-state index is 12.7. The minimum Gasteiger partial charge on any atom is -0.497 e. The van der Waals surface area contributed by atoms with Crippen molar-refractivity contribution in [3.05, 3.63) is 48.0 Å². The smallest absolute Gasteiger partial charge is 0.262 e. The molecule has 27 heavy (non-hydrogen) atoms. The summed E-state index contributed by atoms with van der Waals surface area (Å²) in [7, 11) is -0.958. The number of anilines is 1. The van der Waals surface area contributed by atoms with Crippen LogP contribution < -0.4 is 19.5 Å². The molecule has 2 aromatic rings. The third kappa shape index (κ3) is 5.37.